The van der Waals surface area contributed by atoms with Crippen LogP contribution in [0.5, 0.6) is 11.5 Å². The predicted molar refractivity (Wildman–Crippen MR) is 171 cm³/mol. The van der Waals surface area contributed by atoms with Crippen molar-refractivity contribution in [1.82, 2.24) is 4.98 Å². The summed E-state index contributed by atoms with van der Waals surface area (Å²) in [4.78, 5) is 46.0. The van der Waals surface area contributed by atoms with Gasteiger partial charge in [0, 0.05) is 31.7 Å². The molecule has 2 saturated carbocycles. The topological polar surface area (TPSA) is 88.7 Å². The van der Waals surface area contributed by atoms with Crippen molar-refractivity contribution in [3.8, 4) is 11.5 Å². The number of nitrogens with zero attached hydrogens (tertiary/aromatic N) is 1. The van der Waals surface area contributed by atoms with Crippen LogP contribution < -0.4 is 19.2 Å². The number of H-pyrrole nitrogens is 1. The number of nitrogens with one attached hydrogen (secondary N) is 1. The molecule has 6 unspecified atom stereocenters. The van der Waals surface area contributed by atoms with Gasteiger partial charge in [-0.25, -0.2) is 0 Å². The summed E-state index contributed by atoms with van der Waals surface area (Å²) in [5.74, 6) is 0.0728. The van der Waals surface area contributed by atoms with Crippen molar-refractivity contribution in [1.29, 1.82) is 0 Å². The molecule has 3 fully saturated rings. The third-order valence-corrected chi connectivity index (χ3v) is 12.7. The molecule has 224 valence electrons. The number of ether oxygens (including phenoxy) is 2. The Kier molecular flexibility index (Phi) is 6.86. The highest BCUT2D eigenvalue weighted by atomic mass is 35.5. The predicted octanol–water partition coefficient (Wildman–Crippen LogP) is 7.01. The number of methoxy groups -OCH3 is 1. The number of thioether (sulfide) groups is 1. The van der Waals surface area contributed by atoms with Crippen molar-refractivity contribution < 1.29 is 19.1 Å². The molecule has 2 amide bonds. The Bertz CT molecular complexity index is 1860. The van der Waals surface area contributed by atoms with Crippen molar-refractivity contribution in [3.63, 3.8) is 0 Å². The number of halogens is 2. The maximum absolute atomic E-state index is 14.1. The normalized spacial score (nSPS) is 28.2. The van der Waals surface area contributed by atoms with Crippen molar-refractivity contribution in [2.45, 2.75) is 29.2 Å². The molecule has 2 bridgehead atoms. The summed E-state index contributed by atoms with van der Waals surface area (Å²) >= 11 is 15.6. The highest BCUT2D eigenvalue weighted by molar-refractivity contribution is 8.00. The highest BCUT2D eigenvalue weighted by Crippen LogP contribution is 2.69. The van der Waals surface area contributed by atoms with Crippen LogP contribution >= 0.6 is 46.3 Å². The Morgan fingerprint density at radius 2 is 1.61 bits per heavy atom. The second kappa shape index (κ2) is 10.7. The number of aromatic amines is 1. The number of benzene rings is 3. The molecule has 2 aliphatic heterocycles. The van der Waals surface area contributed by atoms with Crippen LogP contribution in [0.3, 0.4) is 0 Å². The second-order valence-corrected chi connectivity index (χ2v) is 14.8. The fourth-order valence-electron chi connectivity index (χ4n) is 7.99. The molecule has 8 rings (SSSR count). The molecule has 11 heteroatoms. The van der Waals surface area contributed by atoms with E-state index >= 15 is 0 Å². The molecule has 4 aliphatic rings. The fraction of sp³-hybridized carbons (Fsp3) is 0.303. The van der Waals surface area contributed by atoms with Gasteiger partial charge in [0.25, 0.3) is 0 Å². The molecule has 3 aromatic carbocycles. The van der Waals surface area contributed by atoms with Crippen LogP contribution in [-0.2, 0) is 16.2 Å². The Morgan fingerprint density at radius 3 is 2.34 bits per heavy atom. The lowest BCUT2D eigenvalue weighted by Gasteiger charge is -2.43. The minimum absolute atomic E-state index is 0.0105. The molecule has 7 nitrogen and oxygen atoms in total. The van der Waals surface area contributed by atoms with E-state index in [1.165, 1.54) is 16.2 Å². The van der Waals surface area contributed by atoms with Gasteiger partial charge in [-0.05, 0) is 84.3 Å². The number of aromatic nitrogens is 1. The zero-order valence-corrected chi connectivity index (χ0v) is 26.5. The molecule has 7 atom stereocenters. The van der Waals surface area contributed by atoms with Crippen LogP contribution in [0.1, 0.15) is 28.3 Å². The monoisotopic (exact) mass is 664 g/mol. The summed E-state index contributed by atoms with van der Waals surface area (Å²) in [6.07, 6.45) is 0.794. The number of hydrogen-bond acceptors (Lipinski definition) is 7. The molecule has 1 N–H and O–H groups in total. The van der Waals surface area contributed by atoms with Gasteiger partial charge in [0.1, 0.15) is 18.1 Å². The van der Waals surface area contributed by atoms with E-state index in [2.05, 4.69) is 4.98 Å². The zero-order valence-electron chi connectivity index (χ0n) is 23.4. The van der Waals surface area contributed by atoms with Crippen LogP contribution in [-0.4, -0.2) is 29.2 Å². The Morgan fingerprint density at radius 1 is 0.909 bits per heavy atom. The van der Waals surface area contributed by atoms with Gasteiger partial charge in [0.2, 0.25) is 11.8 Å². The maximum Gasteiger partial charge on any atom is 0.305 e. The molecule has 3 heterocycles. The molecule has 4 aromatic rings. The summed E-state index contributed by atoms with van der Waals surface area (Å²) in [6, 6.07) is 20.2. The standard InChI is InChI=1S/C33H26Cl2N2O5S2/c1-41-19-9-7-18(8-10-19)37-31(38)26-21-13-22(27(26)32(37)39)28-25(21)24(29-30(43-28)36-33(40)44-29)20-12-17(35)6-11-23(20)42-14-15-2-4-16(34)5-3-15/h2-12,21-22,24-28H,13-14H2,1H3,(H,36,40)/t21?,22?,24-,25?,26?,27?,28?/m1/s1. The average molecular weight is 666 g/mol. The lowest BCUT2D eigenvalue weighted by molar-refractivity contribution is -0.123. The molecule has 1 saturated heterocycles. The van der Waals surface area contributed by atoms with E-state index in [0.717, 1.165) is 27.5 Å². The van der Waals surface area contributed by atoms with Gasteiger partial charge < -0.3 is 14.5 Å². The number of fused-ring (bicyclic) bond motifs is 9. The number of carbonyl (C=O) groups excluding carboxylic acids is 2. The quantitative estimate of drug-likeness (QED) is 0.223. The SMILES string of the molecule is COc1ccc(N2C(=O)C3C4CC(C3C2=O)C2C4Sc3[nH]c(=O)sc3[C@@H]2c2cc(Cl)ccc2OCc2ccc(Cl)cc2)cc1. The Hall–Kier alpha value is -3.24. The van der Waals surface area contributed by atoms with Gasteiger partial charge in [-0.15, -0.1) is 11.8 Å². The van der Waals surface area contributed by atoms with Gasteiger partial charge in [0.05, 0.1) is 29.7 Å². The smallest absolute Gasteiger partial charge is 0.305 e. The Labute approximate surface area is 271 Å². The molecular formula is C33H26Cl2N2O5S2. The van der Waals surface area contributed by atoms with Crippen LogP contribution in [0.15, 0.2) is 76.6 Å². The van der Waals surface area contributed by atoms with Gasteiger partial charge in [-0.1, -0.05) is 46.7 Å². The number of rotatable bonds is 6. The lowest BCUT2D eigenvalue weighted by Crippen LogP contribution is -2.42. The van der Waals surface area contributed by atoms with Crippen LogP contribution in [0.4, 0.5) is 5.69 Å². The fourth-order valence-corrected chi connectivity index (χ4v) is 11.2. The summed E-state index contributed by atoms with van der Waals surface area (Å²) in [6.45, 7) is 0.332. The number of amides is 2. The number of imide groups is 1. The first-order chi connectivity index (χ1) is 21.3. The summed E-state index contributed by atoms with van der Waals surface area (Å²) in [7, 11) is 1.58. The van der Waals surface area contributed by atoms with Gasteiger partial charge in [0.15, 0.2) is 0 Å². The van der Waals surface area contributed by atoms with E-state index in [0.29, 0.717) is 33.8 Å². The summed E-state index contributed by atoms with van der Waals surface area (Å²) in [5, 5.41) is 2.11. The van der Waals surface area contributed by atoms with Gasteiger partial charge in [-0.3, -0.25) is 19.3 Å². The zero-order chi connectivity index (χ0) is 30.3. The third-order valence-electron chi connectivity index (χ3n) is 9.67. The maximum atomic E-state index is 14.1. The first-order valence-electron chi connectivity index (χ1n) is 14.4. The van der Waals surface area contributed by atoms with Crippen molar-refractivity contribution in [3.05, 3.63) is 102 Å². The molecule has 1 aromatic heterocycles. The van der Waals surface area contributed by atoms with E-state index in [-0.39, 0.29) is 51.5 Å². The van der Waals surface area contributed by atoms with E-state index in [1.807, 2.05) is 36.4 Å². The van der Waals surface area contributed by atoms with Crippen LogP contribution in [0.2, 0.25) is 10.0 Å². The van der Waals surface area contributed by atoms with Gasteiger partial charge >= 0.3 is 4.87 Å². The molecule has 44 heavy (non-hydrogen) atoms. The van der Waals surface area contributed by atoms with E-state index in [9.17, 15) is 14.4 Å². The average Bonchev–Trinajstić information content (AvgIpc) is 3.76. The lowest BCUT2D eigenvalue weighted by atomic mass is 9.68. The van der Waals surface area contributed by atoms with Crippen molar-refractivity contribution >= 4 is 63.8 Å². The molecule has 2 aliphatic carbocycles. The summed E-state index contributed by atoms with van der Waals surface area (Å²) in [5.41, 5.74) is 2.43. The molecular weight excluding hydrogens is 639 g/mol. The number of hydrogen-bond donors (Lipinski definition) is 1. The van der Waals surface area contributed by atoms with E-state index in [4.69, 9.17) is 32.7 Å². The Balaban J connectivity index is 1.18. The minimum atomic E-state index is -0.409. The molecule has 0 radical (unpaired) electrons. The number of carbonyl (C=O) groups is 2. The van der Waals surface area contributed by atoms with Gasteiger partial charge in [-0.2, -0.15) is 0 Å². The first kappa shape index (κ1) is 28.2. The van der Waals surface area contributed by atoms with Crippen molar-refractivity contribution in [2.24, 2.45) is 29.6 Å². The minimum Gasteiger partial charge on any atom is -0.497 e. The number of anilines is 1. The van der Waals surface area contributed by atoms with E-state index < -0.39 is 5.92 Å². The van der Waals surface area contributed by atoms with Crippen LogP contribution in [0.25, 0.3) is 0 Å². The van der Waals surface area contributed by atoms with E-state index in [1.54, 1.807) is 49.2 Å². The highest BCUT2D eigenvalue weighted by Gasteiger charge is 2.69. The number of thiazole rings is 1. The van der Waals surface area contributed by atoms with Crippen molar-refractivity contribution in [2.75, 3.05) is 12.0 Å². The third kappa shape index (κ3) is 4.35. The summed E-state index contributed by atoms with van der Waals surface area (Å²) < 4.78 is 11.7. The molecule has 0 spiro atoms. The largest absolute Gasteiger partial charge is 0.497 e. The van der Waals surface area contributed by atoms with Crippen LogP contribution in [0, 0.1) is 29.6 Å². The second-order valence-electron chi connectivity index (χ2n) is 11.8. The first-order valence-corrected chi connectivity index (χ1v) is 16.9.